The Hall–Kier alpha value is -3.32. The Kier molecular flexibility index (Phi) is 8.57. The fourth-order valence-electron chi connectivity index (χ4n) is 3.70. The molecule has 7 heteroatoms. The summed E-state index contributed by atoms with van der Waals surface area (Å²) < 4.78 is 33.8. The van der Waals surface area contributed by atoms with Gasteiger partial charge in [0.25, 0.3) is 10.0 Å². The van der Waals surface area contributed by atoms with E-state index in [0.29, 0.717) is 18.2 Å². The lowest BCUT2D eigenvalue weighted by molar-refractivity contribution is -0.120. The van der Waals surface area contributed by atoms with Crippen molar-refractivity contribution in [1.29, 1.82) is 0 Å². The van der Waals surface area contributed by atoms with Crippen LogP contribution >= 0.6 is 0 Å². The van der Waals surface area contributed by atoms with Gasteiger partial charge in [0.2, 0.25) is 5.91 Å². The summed E-state index contributed by atoms with van der Waals surface area (Å²) >= 11 is 0. The molecule has 6 nitrogen and oxygen atoms in total. The molecule has 0 radical (unpaired) electrons. The zero-order valence-electron chi connectivity index (χ0n) is 21.0. The third-order valence-electron chi connectivity index (χ3n) is 5.81. The van der Waals surface area contributed by atoms with Crippen LogP contribution in [0.25, 0.3) is 0 Å². The molecule has 186 valence electrons. The van der Waals surface area contributed by atoms with E-state index in [4.69, 9.17) is 4.74 Å². The van der Waals surface area contributed by atoms with Crippen molar-refractivity contribution in [3.8, 4) is 5.75 Å². The number of nitrogens with one attached hydrogen (secondary N) is 1. The van der Waals surface area contributed by atoms with E-state index in [1.54, 1.807) is 36.4 Å². The average molecular weight is 495 g/mol. The summed E-state index contributed by atoms with van der Waals surface area (Å²) in [7, 11) is -3.96. The molecule has 0 heterocycles. The van der Waals surface area contributed by atoms with E-state index in [0.717, 1.165) is 22.4 Å². The van der Waals surface area contributed by atoms with Crippen LogP contribution in [0.2, 0.25) is 0 Å². The summed E-state index contributed by atoms with van der Waals surface area (Å²) in [6, 6.07) is 21.1. The third kappa shape index (κ3) is 6.63. The van der Waals surface area contributed by atoms with Crippen molar-refractivity contribution in [2.75, 3.05) is 17.5 Å². The van der Waals surface area contributed by atoms with Gasteiger partial charge in [-0.05, 0) is 74.2 Å². The number of hydrogen-bond acceptors (Lipinski definition) is 4. The lowest BCUT2D eigenvalue weighted by atomic mass is 10.0. The van der Waals surface area contributed by atoms with Gasteiger partial charge in [0.15, 0.2) is 0 Å². The van der Waals surface area contributed by atoms with Crippen molar-refractivity contribution in [2.24, 2.45) is 0 Å². The van der Waals surface area contributed by atoms with Gasteiger partial charge in [-0.15, -0.1) is 0 Å². The lowest BCUT2D eigenvalue weighted by Crippen LogP contribution is -2.41. The summed E-state index contributed by atoms with van der Waals surface area (Å²) in [6.45, 7) is 10.1. The molecule has 0 aromatic heterocycles. The second kappa shape index (κ2) is 11.4. The molecule has 0 aliphatic heterocycles. The van der Waals surface area contributed by atoms with E-state index in [2.05, 4.69) is 19.2 Å². The first-order valence-electron chi connectivity index (χ1n) is 11.8. The molecule has 0 fully saturated rings. The predicted molar refractivity (Wildman–Crippen MR) is 140 cm³/mol. The molecule has 3 aromatic rings. The van der Waals surface area contributed by atoms with Crippen molar-refractivity contribution in [2.45, 2.75) is 51.5 Å². The monoisotopic (exact) mass is 494 g/mol. The molecule has 0 unspecified atom stereocenters. The van der Waals surface area contributed by atoms with Gasteiger partial charge in [0.05, 0.1) is 23.2 Å². The standard InChI is InChI=1S/C28H34N2O4S/c1-6-34-26-15-11-24(12-16-26)22(5)29-28(31)19-30(25-13-9-23(10-14-25)20(2)3)35(32,33)27-17-7-21(4)8-18-27/h7-18,20,22H,6,19H2,1-5H3,(H,29,31)/t22-/m0/s1. The molecule has 1 atom stereocenters. The molecular weight excluding hydrogens is 460 g/mol. The number of aryl methyl sites for hydroxylation is 1. The smallest absolute Gasteiger partial charge is 0.264 e. The van der Waals surface area contributed by atoms with Gasteiger partial charge in [-0.3, -0.25) is 9.10 Å². The number of hydrogen-bond donors (Lipinski definition) is 1. The van der Waals surface area contributed by atoms with E-state index in [-0.39, 0.29) is 17.5 Å². The minimum absolute atomic E-state index is 0.142. The number of amides is 1. The van der Waals surface area contributed by atoms with Crippen molar-refractivity contribution >= 4 is 21.6 Å². The van der Waals surface area contributed by atoms with E-state index >= 15 is 0 Å². The Bertz CT molecular complexity index is 1220. The molecule has 1 N–H and O–H groups in total. The highest BCUT2D eigenvalue weighted by Crippen LogP contribution is 2.26. The fourth-order valence-corrected chi connectivity index (χ4v) is 5.12. The summed E-state index contributed by atoms with van der Waals surface area (Å²) in [5, 5.41) is 2.92. The Morgan fingerprint density at radius 3 is 2.00 bits per heavy atom. The number of rotatable bonds is 10. The molecule has 0 bridgehead atoms. The average Bonchev–Trinajstić information content (AvgIpc) is 2.83. The molecule has 0 aliphatic carbocycles. The maximum absolute atomic E-state index is 13.6. The van der Waals surface area contributed by atoms with Crippen molar-refractivity contribution in [3.63, 3.8) is 0 Å². The van der Waals surface area contributed by atoms with Crippen molar-refractivity contribution in [3.05, 3.63) is 89.5 Å². The van der Waals surface area contributed by atoms with Crippen LogP contribution in [-0.2, 0) is 14.8 Å². The molecule has 3 aromatic carbocycles. The molecule has 1 amide bonds. The summed E-state index contributed by atoms with van der Waals surface area (Å²) in [4.78, 5) is 13.2. The Morgan fingerprint density at radius 2 is 1.46 bits per heavy atom. The first kappa shape index (κ1) is 26.3. The first-order chi connectivity index (χ1) is 16.6. The van der Waals surface area contributed by atoms with Crippen molar-refractivity contribution < 1.29 is 17.9 Å². The van der Waals surface area contributed by atoms with Gasteiger partial charge in [0, 0.05) is 0 Å². The van der Waals surface area contributed by atoms with Crippen LogP contribution in [-0.4, -0.2) is 27.5 Å². The maximum atomic E-state index is 13.6. The topological polar surface area (TPSA) is 75.7 Å². The highest BCUT2D eigenvalue weighted by molar-refractivity contribution is 7.92. The summed E-state index contributed by atoms with van der Waals surface area (Å²) in [6.07, 6.45) is 0. The Labute approximate surface area is 209 Å². The highest BCUT2D eigenvalue weighted by Gasteiger charge is 2.28. The highest BCUT2D eigenvalue weighted by atomic mass is 32.2. The minimum Gasteiger partial charge on any atom is -0.494 e. The Balaban J connectivity index is 1.85. The quantitative estimate of drug-likeness (QED) is 0.399. The van der Waals surface area contributed by atoms with Gasteiger partial charge in [-0.25, -0.2) is 8.42 Å². The predicted octanol–water partition coefficient (Wildman–Crippen LogP) is 5.59. The van der Waals surface area contributed by atoms with Gasteiger partial charge in [-0.2, -0.15) is 0 Å². The fraction of sp³-hybridized carbons (Fsp3) is 0.321. The zero-order valence-corrected chi connectivity index (χ0v) is 21.8. The SMILES string of the molecule is CCOc1ccc([C@H](C)NC(=O)CN(c2ccc(C(C)C)cc2)S(=O)(=O)c2ccc(C)cc2)cc1. The van der Waals surface area contributed by atoms with Gasteiger partial charge in [-0.1, -0.05) is 55.8 Å². The normalized spacial score (nSPS) is 12.3. The zero-order chi connectivity index (χ0) is 25.6. The van der Waals surface area contributed by atoms with Crippen LogP contribution < -0.4 is 14.4 Å². The second-order valence-corrected chi connectivity index (χ2v) is 10.7. The van der Waals surface area contributed by atoms with Crippen LogP contribution in [0.15, 0.2) is 77.7 Å². The Morgan fingerprint density at radius 1 is 0.886 bits per heavy atom. The maximum Gasteiger partial charge on any atom is 0.264 e. The minimum atomic E-state index is -3.96. The summed E-state index contributed by atoms with van der Waals surface area (Å²) in [5.41, 5.74) is 3.39. The van der Waals surface area contributed by atoms with Gasteiger partial charge < -0.3 is 10.1 Å². The molecule has 0 spiro atoms. The lowest BCUT2D eigenvalue weighted by Gasteiger charge is -2.25. The van der Waals surface area contributed by atoms with E-state index < -0.39 is 15.9 Å². The van der Waals surface area contributed by atoms with Gasteiger partial charge >= 0.3 is 0 Å². The number of anilines is 1. The summed E-state index contributed by atoms with van der Waals surface area (Å²) in [5.74, 6) is 0.675. The van der Waals surface area contributed by atoms with Crippen LogP contribution in [0.4, 0.5) is 5.69 Å². The van der Waals surface area contributed by atoms with Crippen molar-refractivity contribution in [1.82, 2.24) is 5.32 Å². The first-order valence-corrected chi connectivity index (χ1v) is 13.3. The molecular formula is C28H34N2O4S. The molecule has 0 saturated carbocycles. The molecule has 0 aliphatic rings. The number of ether oxygens (including phenoxy) is 1. The number of nitrogens with zero attached hydrogens (tertiary/aromatic N) is 1. The van der Waals surface area contributed by atoms with E-state index in [9.17, 15) is 13.2 Å². The van der Waals surface area contributed by atoms with Crippen LogP contribution in [0, 0.1) is 6.92 Å². The number of sulfonamides is 1. The molecule has 0 saturated heterocycles. The number of carbonyl (C=O) groups is 1. The molecule has 35 heavy (non-hydrogen) atoms. The van der Waals surface area contributed by atoms with Crippen LogP contribution in [0.5, 0.6) is 5.75 Å². The van der Waals surface area contributed by atoms with E-state index in [1.807, 2.05) is 57.2 Å². The van der Waals surface area contributed by atoms with Gasteiger partial charge in [0.1, 0.15) is 12.3 Å². The molecule has 3 rings (SSSR count). The number of benzene rings is 3. The van der Waals surface area contributed by atoms with Crippen LogP contribution in [0.3, 0.4) is 0 Å². The largest absolute Gasteiger partial charge is 0.494 e. The number of carbonyl (C=O) groups excluding carboxylic acids is 1. The van der Waals surface area contributed by atoms with E-state index in [1.165, 1.54) is 4.31 Å². The van der Waals surface area contributed by atoms with Crippen LogP contribution in [0.1, 0.15) is 56.3 Å². The second-order valence-electron chi connectivity index (χ2n) is 8.86. The third-order valence-corrected chi connectivity index (χ3v) is 7.60.